The Morgan fingerprint density at radius 2 is 2.15 bits per heavy atom. The van der Waals surface area contributed by atoms with Crippen molar-refractivity contribution in [2.45, 2.75) is 39.2 Å². The maximum Gasteiger partial charge on any atom is 0.143 e. The van der Waals surface area contributed by atoms with Gasteiger partial charge in [0, 0.05) is 23.7 Å². The number of Topliss-reactive ketones (excluding diaryl/α,β-unsaturated/α-hetero) is 1. The minimum absolute atomic E-state index is 0.154. The molecule has 0 N–H and O–H groups in total. The van der Waals surface area contributed by atoms with E-state index in [2.05, 4.69) is 18.9 Å². The Morgan fingerprint density at radius 3 is 2.85 bits per heavy atom. The molecule has 0 saturated carbocycles. The Balaban J connectivity index is 1.96. The highest BCUT2D eigenvalue weighted by atomic mass is 35.5. The number of benzene rings is 1. The average molecular weight is 291 g/mol. The summed E-state index contributed by atoms with van der Waals surface area (Å²) in [5.74, 6) is 0.154. The average Bonchev–Trinajstić information content (AvgIpc) is 2.86. The van der Waals surface area contributed by atoms with Gasteiger partial charge in [-0.1, -0.05) is 30.7 Å². The topological polar surface area (TPSA) is 34.9 Å². The summed E-state index contributed by atoms with van der Waals surface area (Å²) in [6.45, 7) is 4.24. The van der Waals surface area contributed by atoms with Gasteiger partial charge in [-0.05, 0) is 37.1 Å². The second-order valence-electron chi connectivity index (χ2n) is 5.07. The summed E-state index contributed by atoms with van der Waals surface area (Å²) in [5.41, 5.74) is 1.78. The van der Waals surface area contributed by atoms with Gasteiger partial charge in [0.15, 0.2) is 0 Å². The second kappa shape index (κ2) is 6.71. The highest BCUT2D eigenvalue weighted by Crippen LogP contribution is 2.13. The molecule has 20 heavy (non-hydrogen) atoms. The Morgan fingerprint density at radius 1 is 1.35 bits per heavy atom. The Labute approximate surface area is 124 Å². The van der Waals surface area contributed by atoms with Crippen molar-refractivity contribution in [2.75, 3.05) is 0 Å². The fourth-order valence-electron chi connectivity index (χ4n) is 2.04. The first kappa shape index (κ1) is 14.8. The fourth-order valence-corrected chi connectivity index (χ4v) is 2.26. The number of halogens is 1. The summed E-state index contributed by atoms with van der Waals surface area (Å²) in [7, 11) is 0. The molecule has 1 aromatic carbocycles. The third-order valence-corrected chi connectivity index (χ3v) is 3.61. The van der Waals surface area contributed by atoms with Gasteiger partial charge >= 0.3 is 0 Å². The third-order valence-electron chi connectivity index (χ3n) is 3.37. The van der Waals surface area contributed by atoms with Crippen molar-refractivity contribution in [3.63, 3.8) is 0 Å². The molecule has 2 rings (SSSR count). The largest absolute Gasteiger partial charge is 0.299 e. The number of ketones is 1. The van der Waals surface area contributed by atoms with E-state index in [4.69, 9.17) is 11.6 Å². The SMILES string of the molecule is CCC(C)n1ccc(CC(=O)Cc2cccc(Cl)c2)n1. The van der Waals surface area contributed by atoms with E-state index in [0.717, 1.165) is 17.7 Å². The first-order valence-electron chi connectivity index (χ1n) is 6.88. The number of aromatic nitrogens is 2. The van der Waals surface area contributed by atoms with Crippen LogP contribution in [0.2, 0.25) is 5.02 Å². The summed E-state index contributed by atoms with van der Waals surface area (Å²) in [6, 6.07) is 9.71. The lowest BCUT2D eigenvalue weighted by Gasteiger charge is -2.08. The van der Waals surface area contributed by atoms with Crippen LogP contribution in [-0.4, -0.2) is 15.6 Å². The van der Waals surface area contributed by atoms with Crippen LogP contribution in [0.3, 0.4) is 0 Å². The van der Waals surface area contributed by atoms with Crippen molar-refractivity contribution >= 4 is 17.4 Å². The molecule has 106 valence electrons. The molecule has 0 saturated heterocycles. The van der Waals surface area contributed by atoms with Crippen molar-refractivity contribution in [2.24, 2.45) is 0 Å². The molecule has 1 unspecified atom stereocenters. The van der Waals surface area contributed by atoms with Gasteiger partial charge < -0.3 is 0 Å². The van der Waals surface area contributed by atoms with E-state index in [1.54, 1.807) is 0 Å². The van der Waals surface area contributed by atoms with Crippen LogP contribution < -0.4 is 0 Å². The molecule has 0 radical (unpaired) electrons. The first-order valence-corrected chi connectivity index (χ1v) is 7.26. The lowest BCUT2D eigenvalue weighted by molar-refractivity contribution is -0.117. The normalized spacial score (nSPS) is 12.3. The van der Waals surface area contributed by atoms with Gasteiger partial charge in [-0.25, -0.2) is 0 Å². The van der Waals surface area contributed by atoms with Crippen molar-refractivity contribution in [1.82, 2.24) is 9.78 Å². The maximum absolute atomic E-state index is 12.0. The number of hydrogen-bond acceptors (Lipinski definition) is 2. The smallest absolute Gasteiger partial charge is 0.143 e. The minimum Gasteiger partial charge on any atom is -0.299 e. The van der Waals surface area contributed by atoms with E-state index in [-0.39, 0.29) is 5.78 Å². The summed E-state index contributed by atoms with van der Waals surface area (Å²) >= 11 is 5.92. The quantitative estimate of drug-likeness (QED) is 0.809. The molecule has 1 heterocycles. The van der Waals surface area contributed by atoms with Crippen LogP contribution in [0.5, 0.6) is 0 Å². The molecule has 0 bridgehead atoms. The van der Waals surface area contributed by atoms with Gasteiger partial charge in [0.25, 0.3) is 0 Å². The summed E-state index contributed by atoms with van der Waals surface area (Å²) < 4.78 is 1.92. The summed E-state index contributed by atoms with van der Waals surface area (Å²) in [4.78, 5) is 12.0. The van der Waals surface area contributed by atoms with Crippen LogP contribution in [0.25, 0.3) is 0 Å². The molecule has 4 heteroatoms. The maximum atomic E-state index is 12.0. The molecule has 0 aliphatic carbocycles. The molecule has 0 spiro atoms. The number of nitrogens with zero attached hydrogens (tertiary/aromatic N) is 2. The van der Waals surface area contributed by atoms with Crippen LogP contribution in [0, 0.1) is 0 Å². The monoisotopic (exact) mass is 290 g/mol. The lowest BCUT2D eigenvalue weighted by Crippen LogP contribution is -2.09. The van der Waals surface area contributed by atoms with Gasteiger partial charge in [-0.2, -0.15) is 5.10 Å². The minimum atomic E-state index is 0.154. The fraction of sp³-hybridized carbons (Fsp3) is 0.375. The van der Waals surface area contributed by atoms with E-state index < -0.39 is 0 Å². The Hall–Kier alpha value is -1.61. The standard InChI is InChI=1S/C16H19ClN2O/c1-3-12(2)19-8-7-15(18-19)11-16(20)10-13-5-4-6-14(17)9-13/h4-9,12H,3,10-11H2,1-2H3. The predicted molar refractivity (Wildman–Crippen MR) is 81.1 cm³/mol. The molecular formula is C16H19ClN2O. The van der Waals surface area contributed by atoms with Crippen LogP contribution >= 0.6 is 11.6 Å². The molecule has 0 aliphatic rings. The van der Waals surface area contributed by atoms with Crippen molar-refractivity contribution in [3.05, 3.63) is 52.8 Å². The third kappa shape index (κ3) is 3.94. The van der Waals surface area contributed by atoms with Crippen molar-refractivity contribution in [1.29, 1.82) is 0 Å². The molecular weight excluding hydrogens is 272 g/mol. The second-order valence-corrected chi connectivity index (χ2v) is 5.50. The Kier molecular flexibility index (Phi) is 4.96. The van der Waals surface area contributed by atoms with Gasteiger partial charge in [-0.15, -0.1) is 0 Å². The molecule has 3 nitrogen and oxygen atoms in total. The number of rotatable bonds is 6. The van der Waals surface area contributed by atoms with E-state index in [1.165, 1.54) is 0 Å². The van der Waals surface area contributed by atoms with Crippen molar-refractivity contribution < 1.29 is 4.79 Å². The molecule has 0 fully saturated rings. The van der Waals surface area contributed by atoms with E-state index in [1.807, 2.05) is 41.2 Å². The summed E-state index contributed by atoms with van der Waals surface area (Å²) in [6.07, 6.45) is 3.74. The molecule has 2 aromatic rings. The van der Waals surface area contributed by atoms with E-state index >= 15 is 0 Å². The Bertz CT molecular complexity index is 592. The van der Waals surface area contributed by atoms with E-state index in [9.17, 15) is 4.79 Å². The lowest BCUT2D eigenvalue weighted by atomic mass is 10.1. The number of hydrogen-bond donors (Lipinski definition) is 0. The summed E-state index contributed by atoms with van der Waals surface area (Å²) in [5, 5.41) is 5.11. The van der Waals surface area contributed by atoms with Crippen LogP contribution in [-0.2, 0) is 17.6 Å². The first-order chi connectivity index (χ1) is 9.58. The van der Waals surface area contributed by atoms with Crippen LogP contribution in [0.15, 0.2) is 36.5 Å². The van der Waals surface area contributed by atoms with Gasteiger partial charge in [0.2, 0.25) is 0 Å². The zero-order valence-electron chi connectivity index (χ0n) is 11.8. The van der Waals surface area contributed by atoms with Crippen LogP contribution in [0.4, 0.5) is 0 Å². The highest BCUT2D eigenvalue weighted by Gasteiger charge is 2.10. The predicted octanol–water partition coefficient (Wildman–Crippen LogP) is 3.86. The van der Waals surface area contributed by atoms with Gasteiger partial charge in [-0.3, -0.25) is 9.48 Å². The van der Waals surface area contributed by atoms with Crippen LogP contribution in [0.1, 0.15) is 37.6 Å². The molecule has 1 atom stereocenters. The number of carbonyl (C=O) groups excluding carboxylic acids is 1. The van der Waals surface area contributed by atoms with Gasteiger partial charge in [0.1, 0.15) is 5.78 Å². The molecule has 1 aromatic heterocycles. The zero-order valence-corrected chi connectivity index (χ0v) is 12.6. The van der Waals surface area contributed by atoms with Crippen molar-refractivity contribution in [3.8, 4) is 0 Å². The molecule has 0 amide bonds. The number of carbonyl (C=O) groups is 1. The van der Waals surface area contributed by atoms with E-state index in [0.29, 0.717) is 23.9 Å². The highest BCUT2D eigenvalue weighted by molar-refractivity contribution is 6.30. The molecule has 0 aliphatic heterocycles. The van der Waals surface area contributed by atoms with Gasteiger partial charge in [0.05, 0.1) is 12.1 Å². The zero-order chi connectivity index (χ0) is 14.5.